The Hall–Kier alpha value is -2.64. The zero-order valence-corrected chi connectivity index (χ0v) is 42.2. The molecule has 0 aliphatic rings. The van der Waals surface area contributed by atoms with Crippen molar-refractivity contribution < 1.29 is 13.8 Å². The van der Waals surface area contributed by atoms with Crippen molar-refractivity contribution in [3.05, 3.63) is 33.4 Å². The third-order valence-corrected chi connectivity index (χ3v) is 8.65. The Balaban J connectivity index is -0.000000619. The third kappa shape index (κ3) is 35.1. The van der Waals surface area contributed by atoms with Crippen LogP contribution in [0.3, 0.4) is 0 Å². The van der Waals surface area contributed by atoms with Gasteiger partial charge in [0.1, 0.15) is 10.0 Å². The number of rotatable bonds is 12. The Kier molecular flexibility index (Phi) is 34.2. The Labute approximate surface area is 356 Å². The van der Waals surface area contributed by atoms with Crippen molar-refractivity contribution in [1.29, 1.82) is 0 Å². The molecule has 0 saturated carbocycles. The molecule has 0 saturated heterocycles. The maximum Gasteiger partial charge on any atom is 0.229 e. The molecule has 0 bridgehead atoms. The SMILES string of the molecule is CC(C)C#CC(C)C.CC(C)CCC(C)C.CC(C)COC(C)C.CC(C)c1nnc(C(C)C)s1.CC(C)c1noc(C(C)C)n1.CC(C)c1noc(C(C)C)n1. The molecule has 3 aromatic rings. The van der Waals surface area contributed by atoms with Crippen LogP contribution >= 0.6 is 11.3 Å². The first kappa shape index (κ1) is 58.7. The first-order valence-corrected chi connectivity index (χ1v) is 22.7. The maximum atomic E-state index is 5.30. The summed E-state index contributed by atoms with van der Waals surface area (Å²) in [6, 6.07) is 0. The molecule has 0 unspecified atom stereocenters. The highest BCUT2D eigenvalue weighted by Crippen LogP contribution is 2.24. The van der Waals surface area contributed by atoms with Crippen LogP contribution in [-0.2, 0) is 4.74 Å². The summed E-state index contributed by atoms with van der Waals surface area (Å²) in [5.74, 6) is 15.1. The maximum absolute atomic E-state index is 5.30. The highest BCUT2D eigenvalue weighted by molar-refractivity contribution is 7.11. The summed E-state index contributed by atoms with van der Waals surface area (Å²) in [5, 5.41) is 18.2. The second kappa shape index (κ2) is 33.2. The Morgan fingerprint density at radius 1 is 0.456 bits per heavy atom. The topological polar surface area (TPSA) is 113 Å². The number of aromatic nitrogens is 6. The molecule has 3 aromatic heterocycles. The standard InChI is InChI=1S/2C8H14N2O.C8H14N2S.C8H18.C8H14.C7H16O/c2*1-5(2)7-9-8(6(3)4)11-10-7;1-5(2)7-9-10-8(11-7)6(3)4;2*1-7(2)5-6-8(3)4;1-6(2)5-8-7(3)4/h3*5-6H,1-4H3;7-8H,5-6H2,1-4H3;7-8H,1-4H3;6-7H,5H2,1-4H3. The fourth-order valence-corrected chi connectivity index (χ4v) is 4.38. The van der Waals surface area contributed by atoms with Gasteiger partial charge in [-0.25, -0.2) is 0 Å². The van der Waals surface area contributed by atoms with Crippen molar-refractivity contribution >= 4 is 11.3 Å². The predicted octanol–water partition coefficient (Wildman–Crippen LogP) is 14.9. The van der Waals surface area contributed by atoms with E-state index in [1.54, 1.807) is 11.3 Å². The van der Waals surface area contributed by atoms with Crippen molar-refractivity contribution in [2.75, 3.05) is 6.61 Å². The molecular formula is C47H90N6O3S. The zero-order valence-electron chi connectivity index (χ0n) is 41.4. The summed E-state index contributed by atoms with van der Waals surface area (Å²) in [6.07, 6.45) is 3.16. The molecule has 0 radical (unpaired) electrons. The van der Waals surface area contributed by atoms with Crippen molar-refractivity contribution in [2.24, 2.45) is 29.6 Å². The van der Waals surface area contributed by atoms with E-state index in [2.05, 4.69) is 181 Å². The van der Waals surface area contributed by atoms with E-state index >= 15 is 0 Å². The smallest absolute Gasteiger partial charge is 0.229 e. The Morgan fingerprint density at radius 3 is 0.930 bits per heavy atom. The van der Waals surface area contributed by atoms with E-state index in [0.717, 1.165) is 51.9 Å². The van der Waals surface area contributed by atoms with E-state index in [4.69, 9.17) is 13.8 Å². The van der Waals surface area contributed by atoms with E-state index in [1.807, 2.05) is 27.7 Å². The van der Waals surface area contributed by atoms with Crippen LogP contribution in [0.15, 0.2) is 9.05 Å². The molecule has 0 spiro atoms. The van der Waals surface area contributed by atoms with Gasteiger partial charge in [0.2, 0.25) is 11.8 Å². The van der Waals surface area contributed by atoms with Crippen molar-refractivity contribution in [3.63, 3.8) is 0 Å². The molecule has 9 nitrogen and oxygen atoms in total. The summed E-state index contributed by atoms with van der Waals surface area (Å²) in [6.45, 7) is 51.8. The molecule has 0 atom stereocenters. The van der Waals surface area contributed by atoms with Gasteiger partial charge in [0.15, 0.2) is 11.6 Å². The molecule has 10 heteroatoms. The second-order valence-corrected chi connectivity index (χ2v) is 19.7. The summed E-state index contributed by atoms with van der Waals surface area (Å²) in [4.78, 5) is 8.46. The number of ether oxygens (including phenoxy) is 1. The van der Waals surface area contributed by atoms with Gasteiger partial charge in [-0.05, 0) is 31.6 Å². The molecule has 0 aromatic carbocycles. The third-order valence-electron chi connectivity index (χ3n) is 7.12. The van der Waals surface area contributed by atoms with E-state index < -0.39 is 0 Å². The van der Waals surface area contributed by atoms with Gasteiger partial charge < -0.3 is 13.8 Å². The van der Waals surface area contributed by atoms with Crippen LogP contribution in [0.2, 0.25) is 0 Å². The minimum absolute atomic E-state index is 0.329. The van der Waals surface area contributed by atoms with Crippen LogP contribution in [0.25, 0.3) is 0 Å². The van der Waals surface area contributed by atoms with E-state index in [-0.39, 0.29) is 0 Å². The molecule has 3 heterocycles. The van der Waals surface area contributed by atoms with Gasteiger partial charge in [-0.3, -0.25) is 0 Å². The lowest BCUT2D eigenvalue weighted by Crippen LogP contribution is -2.08. The van der Waals surface area contributed by atoms with Gasteiger partial charge in [0.05, 0.1) is 6.10 Å². The highest BCUT2D eigenvalue weighted by Gasteiger charge is 2.13. The minimum Gasteiger partial charge on any atom is -0.379 e. The van der Waals surface area contributed by atoms with Crippen molar-refractivity contribution in [2.45, 2.75) is 221 Å². The second-order valence-electron chi connectivity index (χ2n) is 18.6. The molecule has 0 amide bonds. The first-order chi connectivity index (χ1) is 26.2. The van der Waals surface area contributed by atoms with Gasteiger partial charge in [-0.15, -0.1) is 33.4 Å². The lowest BCUT2D eigenvalue weighted by atomic mass is 10.0. The fourth-order valence-electron chi connectivity index (χ4n) is 3.53. The van der Waals surface area contributed by atoms with E-state index in [0.29, 0.717) is 59.4 Å². The van der Waals surface area contributed by atoms with Crippen LogP contribution in [0, 0.1) is 41.4 Å². The molecule has 57 heavy (non-hydrogen) atoms. The van der Waals surface area contributed by atoms with Crippen molar-refractivity contribution in [3.8, 4) is 11.8 Å². The van der Waals surface area contributed by atoms with E-state index in [1.165, 1.54) is 12.8 Å². The molecular weight excluding hydrogens is 729 g/mol. The van der Waals surface area contributed by atoms with Gasteiger partial charge in [-0.1, -0.05) is 175 Å². The van der Waals surface area contributed by atoms with Crippen LogP contribution < -0.4 is 0 Å². The van der Waals surface area contributed by atoms with Gasteiger partial charge in [-0.2, -0.15) is 9.97 Å². The Morgan fingerprint density at radius 2 is 0.789 bits per heavy atom. The normalized spacial score (nSPS) is 11.1. The van der Waals surface area contributed by atoms with Gasteiger partial charge in [0, 0.05) is 54.0 Å². The van der Waals surface area contributed by atoms with Crippen LogP contribution in [0.4, 0.5) is 0 Å². The molecule has 0 aliphatic carbocycles. The average molecular weight is 819 g/mol. The summed E-state index contributed by atoms with van der Waals surface area (Å²) >= 11 is 1.73. The quantitative estimate of drug-likeness (QED) is 0.165. The molecule has 3 rings (SSSR count). The molecule has 332 valence electrons. The first-order valence-electron chi connectivity index (χ1n) is 21.8. The number of hydrogen-bond donors (Lipinski definition) is 0. The largest absolute Gasteiger partial charge is 0.379 e. The molecule has 0 fully saturated rings. The van der Waals surface area contributed by atoms with Crippen molar-refractivity contribution in [1.82, 2.24) is 30.5 Å². The highest BCUT2D eigenvalue weighted by atomic mass is 32.1. The lowest BCUT2D eigenvalue weighted by molar-refractivity contribution is 0.0593. The average Bonchev–Trinajstić information content (AvgIpc) is 3.89. The lowest BCUT2D eigenvalue weighted by Gasteiger charge is -2.08. The van der Waals surface area contributed by atoms with Crippen LogP contribution in [0.1, 0.15) is 248 Å². The summed E-state index contributed by atoms with van der Waals surface area (Å²) in [7, 11) is 0. The number of hydrogen-bond acceptors (Lipinski definition) is 10. The van der Waals surface area contributed by atoms with Gasteiger partial charge in [0.25, 0.3) is 0 Å². The zero-order chi connectivity index (χ0) is 45.0. The summed E-state index contributed by atoms with van der Waals surface area (Å²) in [5.41, 5.74) is 0. The molecule has 0 aliphatic heterocycles. The van der Waals surface area contributed by atoms with Crippen LogP contribution in [-0.4, -0.2) is 43.2 Å². The number of nitrogens with zero attached hydrogens (tertiary/aromatic N) is 6. The monoisotopic (exact) mass is 819 g/mol. The fraction of sp³-hybridized carbons (Fsp3) is 0.830. The predicted molar refractivity (Wildman–Crippen MR) is 245 cm³/mol. The summed E-state index contributed by atoms with van der Waals surface area (Å²) < 4.78 is 15.4. The van der Waals surface area contributed by atoms with Gasteiger partial charge >= 0.3 is 0 Å². The van der Waals surface area contributed by atoms with E-state index in [9.17, 15) is 0 Å². The molecule has 0 N–H and O–H groups in total. The Bertz CT molecular complexity index is 1170. The minimum atomic E-state index is 0.329. The van der Waals surface area contributed by atoms with Crippen LogP contribution in [0.5, 0.6) is 0 Å².